The fourth-order valence-corrected chi connectivity index (χ4v) is 2.45. The summed E-state index contributed by atoms with van der Waals surface area (Å²) in [5.74, 6) is -0.672. The minimum atomic E-state index is -4.51. The van der Waals surface area contributed by atoms with E-state index in [2.05, 4.69) is 5.32 Å². The number of benzene rings is 2. The normalized spacial score (nSPS) is 11.6. The molecule has 5 nitrogen and oxygen atoms in total. The van der Waals surface area contributed by atoms with Gasteiger partial charge < -0.3 is 19.9 Å². The molecule has 2 aromatic rings. The molecule has 28 heavy (non-hydrogen) atoms. The van der Waals surface area contributed by atoms with Crippen molar-refractivity contribution >= 4 is 35.0 Å². The number of nitrogens with one attached hydrogen (secondary N) is 1. The summed E-state index contributed by atoms with van der Waals surface area (Å²) in [6.45, 7) is 0.662. The molecule has 9 heteroatoms. The fourth-order valence-electron chi connectivity index (χ4n) is 2.22. The first-order chi connectivity index (χ1) is 13.2. The van der Waals surface area contributed by atoms with Gasteiger partial charge in [-0.15, -0.1) is 0 Å². The van der Waals surface area contributed by atoms with Crippen molar-refractivity contribution in [1.29, 1.82) is 0 Å². The molecule has 0 amide bonds. The lowest BCUT2D eigenvalue weighted by atomic mass is 10.1. The molecule has 0 aliphatic carbocycles. The van der Waals surface area contributed by atoms with Crippen molar-refractivity contribution in [1.82, 2.24) is 0 Å². The van der Waals surface area contributed by atoms with Gasteiger partial charge in [-0.1, -0.05) is 11.6 Å². The van der Waals surface area contributed by atoms with E-state index >= 15 is 0 Å². The molecule has 0 saturated carbocycles. The SMILES string of the molecule is COCCOc1ccc(C=CC(=O)O)c(Nc2ccc(C(F)(F)F)cc2Cl)c1. The maximum absolute atomic E-state index is 12.8. The highest BCUT2D eigenvalue weighted by molar-refractivity contribution is 6.33. The van der Waals surface area contributed by atoms with Gasteiger partial charge >= 0.3 is 12.1 Å². The van der Waals surface area contributed by atoms with Crippen LogP contribution in [0.2, 0.25) is 5.02 Å². The third-order valence-electron chi connectivity index (χ3n) is 3.55. The molecular formula is C19H17ClF3NO4. The highest BCUT2D eigenvalue weighted by Gasteiger charge is 2.30. The first-order valence-electron chi connectivity index (χ1n) is 8.01. The number of halogens is 4. The van der Waals surface area contributed by atoms with Crippen LogP contribution in [-0.4, -0.2) is 31.4 Å². The number of methoxy groups -OCH3 is 1. The van der Waals surface area contributed by atoms with E-state index in [9.17, 15) is 18.0 Å². The van der Waals surface area contributed by atoms with E-state index in [0.29, 0.717) is 30.2 Å². The van der Waals surface area contributed by atoms with E-state index in [1.807, 2.05) is 0 Å². The van der Waals surface area contributed by atoms with E-state index in [0.717, 1.165) is 18.2 Å². The van der Waals surface area contributed by atoms with Crippen LogP contribution in [0.3, 0.4) is 0 Å². The van der Waals surface area contributed by atoms with Crippen LogP contribution in [0.25, 0.3) is 6.08 Å². The molecule has 0 aliphatic heterocycles. The first kappa shape index (κ1) is 21.6. The second-order valence-electron chi connectivity index (χ2n) is 5.58. The lowest BCUT2D eigenvalue weighted by Gasteiger charge is -2.15. The van der Waals surface area contributed by atoms with Crippen molar-refractivity contribution in [3.8, 4) is 5.75 Å². The van der Waals surface area contributed by atoms with Crippen LogP contribution in [0.1, 0.15) is 11.1 Å². The Hall–Kier alpha value is -2.71. The summed E-state index contributed by atoms with van der Waals surface area (Å²) < 4.78 is 48.8. The number of ether oxygens (including phenoxy) is 2. The Bertz CT molecular complexity index is 869. The van der Waals surface area contributed by atoms with Gasteiger partial charge in [0.2, 0.25) is 0 Å². The molecule has 0 bridgehead atoms. The van der Waals surface area contributed by atoms with Crippen LogP contribution in [0.5, 0.6) is 5.75 Å². The highest BCUT2D eigenvalue weighted by atomic mass is 35.5. The Morgan fingerprint density at radius 2 is 1.93 bits per heavy atom. The molecule has 0 spiro atoms. The minimum absolute atomic E-state index is 0.131. The summed E-state index contributed by atoms with van der Waals surface area (Å²) in [4.78, 5) is 10.8. The lowest BCUT2D eigenvalue weighted by molar-refractivity contribution is -0.137. The van der Waals surface area contributed by atoms with Crippen LogP contribution in [0.4, 0.5) is 24.5 Å². The number of carboxylic acid groups (broad SMARTS) is 1. The Balaban J connectivity index is 2.35. The molecule has 0 unspecified atom stereocenters. The summed E-state index contributed by atoms with van der Waals surface area (Å²) >= 11 is 5.98. The molecule has 0 radical (unpaired) electrons. The third kappa shape index (κ3) is 6.17. The predicted octanol–water partition coefficient (Wildman–Crippen LogP) is 5.23. The Labute approximate surface area is 164 Å². The number of alkyl halides is 3. The molecule has 0 saturated heterocycles. The number of carboxylic acids is 1. The second kappa shape index (κ2) is 9.48. The van der Waals surface area contributed by atoms with Gasteiger partial charge in [-0.25, -0.2) is 4.79 Å². The Morgan fingerprint density at radius 1 is 1.18 bits per heavy atom. The van der Waals surface area contributed by atoms with Gasteiger partial charge in [-0.05, 0) is 42.0 Å². The van der Waals surface area contributed by atoms with Crippen molar-refractivity contribution in [3.63, 3.8) is 0 Å². The van der Waals surface area contributed by atoms with Gasteiger partial charge in [0.1, 0.15) is 12.4 Å². The largest absolute Gasteiger partial charge is 0.491 e. The average Bonchev–Trinajstić information content (AvgIpc) is 2.62. The second-order valence-corrected chi connectivity index (χ2v) is 5.99. The van der Waals surface area contributed by atoms with Gasteiger partial charge in [0.25, 0.3) is 0 Å². The van der Waals surface area contributed by atoms with Gasteiger partial charge in [-0.3, -0.25) is 0 Å². The maximum atomic E-state index is 12.8. The van der Waals surface area contributed by atoms with E-state index in [1.165, 1.54) is 19.3 Å². The zero-order chi connectivity index (χ0) is 20.7. The monoisotopic (exact) mass is 415 g/mol. The molecule has 0 fully saturated rings. The minimum Gasteiger partial charge on any atom is -0.491 e. The summed E-state index contributed by atoms with van der Waals surface area (Å²) in [6, 6.07) is 7.76. The Morgan fingerprint density at radius 3 is 2.54 bits per heavy atom. The summed E-state index contributed by atoms with van der Waals surface area (Å²) in [5.41, 5.74) is 0.255. The van der Waals surface area contributed by atoms with Crippen LogP contribution < -0.4 is 10.1 Å². The van der Waals surface area contributed by atoms with E-state index in [1.54, 1.807) is 18.2 Å². The van der Waals surface area contributed by atoms with Gasteiger partial charge in [-0.2, -0.15) is 13.2 Å². The summed E-state index contributed by atoms with van der Waals surface area (Å²) in [6.07, 6.45) is -2.21. The van der Waals surface area contributed by atoms with E-state index < -0.39 is 17.7 Å². The lowest BCUT2D eigenvalue weighted by Crippen LogP contribution is -2.06. The highest BCUT2D eigenvalue weighted by Crippen LogP contribution is 2.36. The number of hydrogen-bond acceptors (Lipinski definition) is 4. The molecule has 0 aliphatic rings. The van der Waals surface area contributed by atoms with Gasteiger partial charge in [0, 0.05) is 24.9 Å². The zero-order valence-corrected chi connectivity index (χ0v) is 15.5. The quantitative estimate of drug-likeness (QED) is 0.456. The molecule has 2 rings (SSSR count). The number of hydrogen-bond donors (Lipinski definition) is 2. The number of anilines is 2. The first-order valence-corrected chi connectivity index (χ1v) is 8.39. The topological polar surface area (TPSA) is 67.8 Å². The van der Waals surface area contributed by atoms with Crippen LogP contribution in [-0.2, 0) is 15.7 Å². The van der Waals surface area contributed by atoms with Crippen molar-refractivity contribution < 1.29 is 32.5 Å². The van der Waals surface area contributed by atoms with Crippen LogP contribution in [0.15, 0.2) is 42.5 Å². The predicted molar refractivity (Wildman–Crippen MR) is 100 cm³/mol. The molecule has 0 aromatic heterocycles. The summed E-state index contributed by atoms with van der Waals surface area (Å²) in [7, 11) is 1.53. The maximum Gasteiger partial charge on any atom is 0.416 e. The average molecular weight is 416 g/mol. The van der Waals surface area contributed by atoms with E-state index in [-0.39, 0.29) is 10.7 Å². The van der Waals surface area contributed by atoms with Crippen molar-refractivity contribution in [3.05, 3.63) is 58.6 Å². The van der Waals surface area contributed by atoms with Crippen LogP contribution in [0, 0.1) is 0 Å². The number of carbonyl (C=O) groups is 1. The van der Waals surface area contributed by atoms with E-state index in [4.69, 9.17) is 26.2 Å². The van der Waals surface area contributed by atoms with Gasteiger partial charge in [0.05, 0.1) is 22.9 Å². The third-order valence-corrected chi connectivity index (χ3v) is 3.86. The Kier molecular flexibility index (Phi) is 7.31. The summed E-state index contributed by atoms with van der Waals surface area (Å²) in [5, 5.41) is 11.6. The van der Waals surface area contributed by atoms with Crippen molar-refractivity contribution in [2.45, 2.75) is 6.18 Å². The standard InChI is InChI=1S/C19H17ClF3NO4/c1-27-8-9-28-14-5-2-12(3-7-18(25)26)17(11-14)24-16-6-4-13(10-15(16)20)19(21,22)23/h2-7,10-11,24H,8-9H2,1H3,(H,25,26). The molecule has 0 heterocycles. The fraction of sp³-hybridized carbons (Fsp3) is 0.211. The molecule has 2 aromatic carbocycles. The number of aliphatic carboxylic acids is 1. The zero-order valence-electron chi connectivity index (χ0n) is 14.7. The molecule has 0 atom stereocenters. The molecule has 150 valence electrons. The molecular weight excluding hydrogens is 399 g/mol. The van der Waals surface area contributed by atoms with Crippen LogP contribution >= 0.6 is 11.6 Å². The van der Waals surface area contributed by atoms with Gasteiger partial charge in [0.15, 0.2) is 0 Å². The number of rotatable bonds is 8. The van der Waals surface area contributed by atoms with Crippen molar-refractivity contribution in [2.75, 3.05) is 25.6 Å². The van der Waals surface area contributed by atoms with Crippen molar-refractivity contribution in [2.24, 2.45) is 0 Å². The smallest absolute Gasteiger partial charge is 0.416 e. The molecule has 2 N–H and O–H groups in total.